The Bertz CT molecular complexity index is 1040. The van der Waals surface area contributed by atoms with Crippen LogP contribution in [-0.2, 0) is 4.79 Å². The number of hydrogen-bond acceptors (Lipinski definition) is 5. The van der Waals surface area contributed by atoms with Crippen molar-refractivity contribution < 1.29 is 14.3 Å². The van der Waals surface area contributed by atoms with E-state index in [1.807, 2.05) is 31.2 Å². The van der Waals surface area contributed by atoms with Crippen LogP contribution >= 0.6 is 11.3 Å². The van der Waals surface area contributed by atoms with Gasteiger partial charge in [0.25, 0.3) is 5.91 Å². The van der Waals surface area contributed by atoms with Gasteiger partial charge >= 0.3 is 0 Å². The average molecular weight is 407 g/mol. The maximum Gasteiger partial charge on any atom is 0.251 e. The van der Waals surface area contributed by atoms with Crippen molar-refractivity contribution in [3.63, 3.8) is 0 Å². The number of rotatable bonds is 6. The molecule has 29 heavy (non-hydrogen) atoms. The predicted octanol–water partition coefficient (Wildman–Crippen LogP) is 4.14. The number of carbonyl (C=O) groups is 2. The van der Waals surface area contributed by atoms with E-state index in [4.69, 9.17) is 4.74 Å². The zero-order chi connectivity index (χ0) is 20.8. The van der Waals surface area contributed by atoms with Gasteiger partial charge in [0.1, 0.15) is 5.75 Å². The number of thiazole rings is 1. The number of carbonyl (C=O) groups excluding carboxylic acids is 2. The molecule has 0 spiro atoms. The molecule has 0 saturated heterocycles. The van der Waals surface area contributed by atoms with Crippen LogP contribution in [0.2, 0.25) is 0 Å². The third-order valence-corrected chi connectivity index (χ3v) is 5.10. The van der Waals surface area contributed by atoms with Crippen LogP contribution in [0.1, 0.15) is 20.8 Å². The van der Waals surface area contributed by atoms with Gasteiger partial charge in [0.15, 0.2) is 5.13 Å². The molecular weight excluding hydrogens is 386 g/mol. The molecule has 7 heteroatoms. The summed E-state index contributed by atoms with van der Waals surface area (Å²) in [6.45, 7) is 1.97. The van der Waals surface area contributed by atoms with Crippen LogP contribution < -0.4 is 15.4 Å². The van der Waals surface area contributed by atoms with Crippen molar-refractivity contribution in [2.75, 3.05) is 19.5 Å². The molecule has 0 unspecified atom stereocenters. The Morgan fingerprint density at radius 1 is 1.07 bits per heavy atom. The van der Waals surface area contributed by atoms with Gasteiger partial charge in [-0.15, -0.1) is 11.3 Å². The van der Waals surface area contributed by atoms with E-state index in [-0.39, 0.29) is 11.8 Å². The Hall–Kier alpha value is -3.45. The van der Waals surface area contributed by atoms with Crippen molar-refractivity contribution in [3.05, 3.63) is 70.6 Å². The standard InChI is InChI=1S/C22H21N3O3S/c1-14-20(16-9-11-18(28-3)12-10-16)25-22(29-14)24-19(26)13-6-15-4-7-17(8-5-15)21(27)23-2/h4-13H,1-3H3,(H,23,27)(H,24,25,26). The van der Waals surface area contributed by atoms with Gasteiger partial charge in [0.05, 0.1) is 12.8 Å². The summed E-state index contributed by atoms with van der Waals surface area (Å²) in [5.41, 5.74) is 3.19. The molecule has 1 heterocycles. The Morgan fingerprint density at radius 2 is 1.76 bits per heavy atom. The third kappa shape index (κ3) is 5.08. The number of nitrogens with zero attached hydrogens (tertiary/aromatic N) is 1. The van der Waals surface area contributed by atoms with Crippen LogP contribution in [-0.4, -0.2) is 31.0 Å². The van der Waals surface area contributed by atoms with E-state index in [1.54, 1.807) is 44.5 Å². The summed E-state index contributed by atoms with van der Waals surface area (Å²) < 4.78 is 5.18. The van der Waals surface area contributed by atoms with Crippen LogP contribution in [0.4, 0.5) is 5.13 Å². The van der Waals surface area contributed by atoms with Crippen LogP contribution in [0.25, 0.3) is 17.3 Å². The second-order valence-electron chi connectivity index (χ2n) is 6.18. The number of methoxy groups -OCH3 is 1. The van der Waals surface area contributed by atoms with Gasteiger partial charge in [-0.25, -0.2) is 4.98 Å². The largest absolute Gasteiger partial charge is 0.497 e. The number of hydrogen-bond donors (Lipinski definition) is 2. The minimum Gasteiger partial charge on any atom is -0.497 e. The highest BCUT2D eigenvalue weighted by Gasteiger charge is 2.11. The lowest BCUT2D eigenvalue weighted by atomic mass is 10.1. The summed E-state index contributed by atoms with van der Waals surface area (Å²) in [5.74, 6) is 0.365. The van der Waals surface area contributed by atoms with Crippen molar-refractivity contribution >= 4 is 34.4 Å². The molecule has 2 aromatic carbocycles. The fourth-order valence-electron chi connectivity index (χ4n) is 2.68. The van der Waals surface area contributed by atoms with E-state index < -0.39 is 0 Å². The molecule has 2 N–H and O–H groups in total. The van der Waals surface area contributed by atoms with Gasteiger partial charge in [0.2, 0.25) is 5.91 Å². The number of anilines is 1. The first kappa shape index (κ1) is 20.3. The molecule has 3 aromatic rings. The molecule has 0 fully saturated rings. The zero-order valence-corrected chi connectivity index (χ0v) is 17.2. The lowest BCUT2D eigenvalue weighted by Gasteiger charge is -2.01. The van der Waals surface area contributed by atoms with Crippen molar-refractivity contribution in [3.8, 4) is 17.0 Å². The molecule has 2 amide bonds. The summed E-state index contributed by atoms with van der Waals surface area (Å²) in [6, 6.07) is 14.6. The minimum absolute atomic E-state index is 0.148. The molecule has 0 atom stereocenters. The summed E-state index contributed by atoms with van der Waals surface area (Å²) >= 11 is 1.42. The molecule has 6 nitrogen and oxygen atoms in total. The van der Waals surface area contributed by atoms with Crippen molar-refractivity contribution in [1.29, 1.82) is 0 Å². The van der Waals surface area contributed by atoms with Gasteiger partial charge in [-0.05, 0) is 55.0 Å². The van der Waals surface area contributed by atoms with Gasteiger partial charge in [-0.3, -0.25) is 14.9 Å². The third-order valence-electron chi connectivity index (χ3n) is 4.22. The number of nitrogens with one attached hydrogen (secondary N) is 2. The van der Waals surface area contributed by atoms with Gasteiger partial charge < -0.3 is 10.1 Å². The Kier molecular flexibility index (Phi) is 6.41. The maximum absolute atomic E-state index is 12.2. The molecule has 0 saturated carbocycles. The molecule has 0 aliphatic carbocycles. The smallest absolute Gasteiger partial charge is 0.251 e. The molecule has 1 aromatic heterocycles. The fourth-order valence-corrected chi connectivity index (χ4v) is 3.51. The van der Waals surface area contributed by atoms with Crippen LogP contribution in [0.3, 0.4) is 0 Å². The molecule has 3 rings (SSSR count). The number of aryl methyl sites for hydroxylation is 1. The highest BCUT2D eigenvalue weighted by molar-refractivity contribution is 7.16. The topological polar surface area (TPSA) is 80.3 Å². The first-order valence-corrected chi connectivity index (χ1v) is 9.75. The number of aromatic nitrogens is 1. The van der Waals surface area contributed by atoms with Crippen LogP contribution in [0, 0.1) is 6.92 Å². The van der Waals surface area contributed by atoms with Gasteiger partial charge in [0, 0.05) is 29.1 Å². The van der Waals surface area contributed by atoms with E-state index in [1.165, 1.54) is 17.4 Å². The van der Waals surface area contributed by atoms with E-state index in [9.17, 15) is 9.59 Å². The van der Waals surface area contributed by atoms with Gasteiger partial charge in [-0.2, -0.15) is 0 Å². The molecule has 0 radical (unpaired) electrons. The maximum atomic E-state index is 12.2. The molecule has 148 valence electrons. The van der Waals surface area contributed by atoms with E-state index in [0.717, 1.165) is 27.4 Å². The monoisotopic (exact) mass is 407 g/mol. The fraction of sp³-hybridized carbons (Fsp3) is 0.136. The highest BCUT2D eigenvalue weighted by atomic mass is 32.1. The Balaban J connectivity index is 1.66. The Labute approximate surface area is 173 Å². The number of amides is 2. The Morgan fingerprint density at radius 3 is 2.38 bits per heavy atom. The summed E-state index contributed by atoms with van der Waals surface area (Å²) in [5, 5.41) is 5.91. The van der Waals surface area contributed by atoms with Crippen LogP contribution in [0.15, 0.2) is 54.6 Å². The number of ether oxygens (including phenoxy) is 1. The molecule has 0 aliphatic heterocycles. The summed E-state index contributed by atoms with van der Waals surface area (Å²) in [7, 11) is 3.21. The molecule has 0 bridgehead atoms. The zero-order valence-electron chi connectivity index (χ0n) is 16.4. The first-order valence-electron chi connectivity index (χ1n) is 8.93. The highest BCUT2D eigenvalue weighted by Crippen LogP contribution is 2.31. The second-order valence-corrected chi connectivity index (χ2v) is 7.38. The minimum atomic E-state index is -0.268. The quantitative estimate of drug-likeness (QED) is 0.602. The normalized spacial score (nSPS) is 10.7. The summed E-state index contributed by atoms with van der Waals surface area (Å²) in [4.78, 5) is 29.3. The van der Waals surface area contributed by atoms with Crippen molar-refractivity contribution in [2.45, 2.75) is 6.92 Å². The van der Waals surface area contributed by atoms with Crippen molar-refractivity contribution in [2.24, 2.45) is 0 Å². The van der Waals surface area contributed by atoms with E-state index in [2.05, 4.69) is 15.6 Å². The first-order chi connectivity index (χ1) is 14.0. The van der Waals surface area contributed by atoms with Crippen LogP contribution in [0.5, 0.6) is 5.75 Å². The molecular formula is C22H21N3O3S. The van der Waals surface area contributed by atoms with E-state index >= 15 is 0 Å². The molecule has 0 aliphatic rings. The average Bonchev–Trinajstić information content (AvgIpc) is 3.11. The lowest BCUT2D eigenvalue weighted by Crippen LogP contribution is -2.17. The second kappa shape index (κ2) is 9.16. The van der Waals surface area contributed by atoms with E-state index in [0.29, 0.717) is 10.7 Å². The summed E-state index contributed by atoms with van der Waals surface area (Å²) in [6.07, 6.45) is 3.13. The van der Waals surface area contributed by atoms with Gasteiger partial charge in [-0.1, -0.05) is 12.1 Å². The number of benzene rings is 2. The van der Waals surface area contributed by atoms with Crippen molar-refractivity contribution in [1.82, 2.24) is 10.3 Å². The lowest BCUT2D eigenvalue weighted by molar-refractivity contribution is -0.111. The predicted molar refractivity (Wildman–Crippen MR) is 116 cm³/mol. The SMILES string of the molecule is CNC(=O)c1ccc(C=CC(=O)Nc2nc(-c3ccc(OC)cc3)c(C)s2)cc1.